The van der Waals surface area contributed by atoms with Crippen LogP contribution in [0.1, 0.15) is 13.3 Å². The van der Waals surface area contributed by atoms with Crippen LogP contribution >= 0.6 is 11.6 Å². The molecule has 1 unspecified atom stereocenters. The zero-order chi connectivity index (χ0) is 6.62. The van der Waals surface area contributed by atoms with E-state index >= 15 is 0 Å². The standard InChI is InChI=1S/C5H9ClO2/c1-5(8,4-7)2-3-6/h4,8H,2-3H2,1H3. The molecule has 2 nitrogen and oxygen atoms in total. The highest BCUT2D eigenvalue weighted by Gasteiger charge is 2.16. The van der Waals surface area contributed by atoms with E-state index in [0.29, 0.717) is 18.6 Å². The molecule has 0 heterocycles. The van der Waals surface area contributed by atoms with Crippen molar-refractivity contribution < 1.29 is 9.90 Å². The molecule has 0 radical (unpaired) electrons. The summed E-state index contributed by atoms with van der Waals surface area (Å²) < 4.78 is 0. The first-order valence-electron chi connectivity index (χ1n) is 2.37. The van der Waals surface area contributed by atoms with Gasteiger partial charge < -0.3 is 9.90 Å². The summed E-state index contributed by atoms with van der Waals surface area (Å²) in [5.41, 5.74) is -1.22. The third-order valence-electron chi connectivity index (χ3n) is 0.855. The van der Waals surface area contributed by atoms with Crippen molar-refractivity contribution in [3.63, 3.8) is 0 Å². The summed E-state index contributed by atoms with van der Waals surface area (Å²) in [6, 6.07) is 0. The number of hydrogen-bond acceptors (Lipinski definition) is 2. The van der Waals surface area contributed by atoms with Gasteiger partial charge in [0.1, 0.15) is 5.60 Å². The van der Waals surface area contributed by atoms with Crippen LogP contribution in [0, 0.1) is 0 Å². The summed E-state index contributed by atoms with van der Waals surface area (Å²) >= 11 is 5.25. The van der Waals surface area contributed by atoms with E-state index in [0.717, 1.165) is 0 Å². The van der Waals surface area contributed by atoms with Gasteiger partial charge in [-0.25, -0.2) is 0 Å². The van der Waals surface area contributed by atoms with Gasteiger partial charge >= 0.3 is 0 Å². The summed E-state index contributed by atoms with van der Waals surface area (Å²) in [5, 5.41) is 8.87. The zero-order valence-corrected chi connectivity index (χ0v) is 5.48. The summed E-state index contributed by atoms with van der Waals surface area (Å²) in [6.07, 6.45) is 0.813. The van der Waals surface area contributed by atoms with E-state index in [-0.39, 0.29) is 0 Å². The lowest BCUT2D eigenvalue weighted by atomic mass is 10.1. The van der Waals surface area contributed by atoms with E-state index in [4.69, 9.17) is 16.7 Å². The molecular weight excluding hydrogens is 128 g/mol. The van der Waals surface area contributed by atoms with E-state index in [9.17, 15) is 4.79 Å². The average molecular weight is 137 g/mol. The minimum absolute atomic E-state index is 0.311. The van der Waals surface area contributed by atoms with Gasteiger partial charge in [-0.15, -0.1) is 11.6 Å². The van der Waals surface area contributed by atoms with E-state index in [2.05, 4.69) is 0 Å². The number of alkyl halides is 1. The van der Waals surface area contributed by atoms with Crippen LogP contribution in [0.15, 0.2) is 0 Å². The zero-order valence-electron chi connectivity index (χ0n) is 4.72. The fraction of sp³-hybridized carbons (Fsp3) is 0.800. The maximum absolute atomic E-state index is 9.91. The lowest BCUT2D eigenvalue weighted by Crippen LogP contribution is -2.25. The molecule has 3 heteroatoms. The number of aldehydes is 1. The van der Waals surface area contributed by atoms with E-state index in [1.807, 2.05) is 0 Å². The van der Waals surface area contributed by atoms with Gasteiger partial charge in [-0.05, 0) is 13.3 Å². The molecule has 0 amide bonds. The summed E-state index contributed by atoms with van der Waals surface area (Å²) in [5.74, 6) is 0.311. The number of carbonyl (C=O) groups is 1. The van der Waals surface area contributed by atoms with Gasteiger partial charge in [0.2, 0.25) is 0 Å². The molecule has 48 valence electrons. The second-order valence-electron chi connectivity index (χ2n) is 1.91. The summed E-state index contributed by atoms with van der Waals surface area (Å²) in [4.78, 5) is 9.91. The molecule has 0 aliphatic heterocycles. The molecule has 0 spiro atoms. The van der Waals surface area contributed by atoms with Crippen LogP contribution in [0.2, 0.25) is 0 Å². The van der Waals surface area contributed by atoms with Gasteiger partial charge in [0.05, 0.1) is 0 Å². The average Bonchev–Trinajstić information content (AvgIpc) is 1.67. The predicted molar refractivity (Wildman–Crippen MR) is 32.0 cm³/mol. The van der Waals surface area contributed by atoms with Crippen molar-refractivity contribution in [2.75, 3.05) is 5.88 Å². The van der Waals surface area contributed by atoms with Crippen LogP contribution in [0.4, 0.5) is 0 Å². The maximum atomic E-state index is 9.91. The van der Waals surface area contributed by atoms with Gasteiger partial charge in [-0.2, -0.15) is 0 Å². The number of hydrogen-bond donors (Lipinski definition) is 1. The Bertz CT molecular complexity index is 80.5. The predicted octanol–water partition coefficient (Wildman–Crippen LogP) is 0.565. The van der Waals surface area contributed by atoms with Crippen molar-refractivity contribution in [3.8, 4) is 0 Å². The first kappa shape index (κ1) is 7.92. The molecule has 0 aromatic rings. The molecule has 0 aliphatic carbocycles. The van der Waals surface area contributed by atoms with Gasteiger partial charge in [-0.3, -0.25) is 0 Å². The Morgan fingerprint density at radius 3 is 2.50 bits per heavy atom. The van der Waals surface area contributed by atoms with Gasteiger partial charge in [0.25, 0.3) is 0 Å². The van der Waals surface area contributed by atoms with Crippen LogP contribution in [-0.4, -0.2) is 22.9 Å². The van der Waals surface area contributed by atoms with Crippen molar-refractivity contribution in [1.82, 2.24) is 0 Å². The second kappa shape index (κ2) is 3.05. The topological polar surface area (TPSA) is 37.3 Å². The smallest absolute Gasteiger partial charge is 0.151 e. The molecule has 0 aliphatic rings. The minimum atomic E-state index is -1.22. The normalized spacial score (nSPS) is 17.4. The highest BCUT2D eigenvalue weighted by atomic mass is 35.5. The van der Waals surface area contributed by atoms with E-state index < -0.39 is 5.60 Å². The Hall–Kier alpha value is -0.0800. The highest BCUT2D eigenvalue weighted by molar-refractivity contribution is 6.18. The monoisotopic (exact) mass is 136 g/mol. The molecule has 1 atom stereocenters. The van der Waals surface area contributed by atoms with Crippen LogP contribution < -0.4 is 0 Å². The molecule has 0 bridgehead atoms. The van der Waals surface area contributed by atoms with Gasteiger partial charge in [0, 0.05) is 5.88 Å². The number of rotatable bonds is 3. The van der Waals surface area contributed by atoms with Crippen LogP contribution in [-0.2, 0) is 4.79 Å². The summed E-state index contributed by atoms with van der Waals surface area (Å²) in [6.45, 7) is 1.43. The van der Waals surface area contributed by atoms with E-state index in [1.54, 1.807) is 0 Å². The Morgan fingerprint density at radius 2 is 2.38 bits per heavy atom. The number of aliphatic hydroxyl groups is 1. The largest absolute Gasteiger partial charge is 0.383 e. The third-order valence-corrected chi connectivity index (χ3v) is 1.04. The number of carbonyl (C=O) groups excluding carboxylic acids is 1. The highest BCUT2D eigenvalue weighted by Crippen LogP contribution is 2.04. The first-order chi connectivity index (χ1) is 3.62. The fourth-order valence-electron chi connectivity index (χ4n) is 0.250. The van der Waals surface area contributed by atoms with Crippen LogP contribution in [0.5, 0.6) is 0 Å². The minimum Gasteiger partial charge on any atom is -0.383 e. The Labute approximate surface area is 53.5 Å². The fourth-order valence-corrected chi connectivity index (χ4v) is 0.633. The Balaban J connectivity index is 3.53. The maximum Gasteiger partial charge on any atom is 0.151 e. The molecule has 0 fully saturated rings. The Kier molecular flexibility index (Phi) is 3.02. The quantitative estimate of drug-likeness (QED) is 0.455. The Morgan fingerprint density at radius 1 is 1.88 bits per heavy atom. The number of halogens is 1. The lowest BCUT2D eigenvalue weighted by Gasteiger charge is -2.11. The van der Waals surface area contributed by atoms with E-state index in [1.165, 1.54) is 6.92 Å². The lowest BCUT2D eigenvalue weighted by molar-refractivity contribution is -0.122. The van der Waals surface area contributed by atoms with Crippen LogP contribution in [0.3, 0.4) is 0 Å². The third kappa shape index (κ3) is 2.99. The molecule has 8 heavy (non-hydrogen) atoms. The molecule has 0 aromatic heterocycles. The molecule has 0 rings (SSSR count). The van der Waals surface area contributed by atoms with Crippen molar-refractivity contribution in [1.29, 1.82) is 0 Å². The molecule has 1 N–H and O–H groups in total. The molecule has 0 saturated heterocycles. The van der Waals surface area contributed by atoms with Crippen LogP contribution in [0.25, 0.3) is 0 Å². The van der Waals surface area contributed by atoms with Gasteiger partial charge in [0.15, 0.2) is 6.29 Å². The SMILES string of the molecule is CC(O)(C=O)CCCl. The van der Waals surface area contributed by atoms with Crippen molar-refractivity contribution >= 4 is 17.9 Å². The molecule has 0 aromatic carbocycles. The molecule has 0 saturated carbocycles. The summed E-state index contributed by atoms with van der Waals surface area (Å²) in [7, 11) is 0. The van der Waals surface area contributed by atoms with Crippen molar-refractivity contribution in [3.05, 3.63) is 0 Å². The first-order valence-corrected chi connectivity index (χ1v) is 2.90. The van der Waals surface area contributed by atoms with Crippen molar-refractivity contribution in [2.24, 2.45) is 0 Å². The van der Waals surface area contributed by atoms with Crippen molar-refractivity contribution in [2.45, 2.75) is 18.9 Å². The second-order valence-corrected chi connectivity index (χ2v) is 2.29. The molecular formula is C5H9ClO2. The van der Waals surface area contributed by atoms with Gasteiger partial charge in [-0.1, -0.05) is 0 Å².